The number of phenolic OH excluding ortho intramolecular Hbond substituents is 1. The van der Waals surface area contributed by atoms with Gasteiger partial charge in [0, 0.05) is 0 Å². The Kier molecular flexibility index (Phi) is 5.76. The van der Waals surface area contributed by atoms with E-state index in [1.807, 2.05) is 0 Å². The molecule has 1 rings (SSSR count). The molecule has 0 saturated carbocycles. The van der Waals surface area contributed by atoms with Crippen LogP contribution in [-0.4, -0.2) is 36.3 Å². The molecular weight excluding hydrogens is 257 g/mol. The summed E-state index contributed by atoms with van der Waals surface area (Å²) in [5.74, 6) is -0.226. The second kappa shape index (κ2) is 7.10. The third kappa shape index (κ3) is 5.88. The van der Waals surface area contributed by atoms with E-state index >= 15 is 0 Å². The lowest BCUT2D eigenvalue weighted by Gasteiger charge is -2.24. The van der Waals surface area contributed by atoms with E-state index in [1.54, 1.807) is 45.0 Å². The van der Waals surface area contributed by atoms with Gasteiger partial charge in [0.25, 0.3) is 7.41 Å². The minimum absolute atomic E-state index is 0.0853. The third-order valence-corrected chi connectivity index (χ3v) is 2.52. The lowest BCUT2D eigenvalue weighted by atomic mass is 9.94. The van der Waals surface area contributed by atoms with Crippen molar-refractivity contribution in [3.63, 3.8) is 0 Å². The van der Waals surface area contributed by atoms with Gasteiger partial charge in [0.15, 0.2) is 0 Å². The SMILES string of the molecule is CC(C)(C)OC(=O)[C@H](Cc1ccc(O)cc1)NBC=O. The van der Waals surface area contributed by atoms with E-state index < -0.39 is 17.6 Å². The summed E-state index contributed by atoms with van der Waals surface area (Å²) in [4.78, 5) is 22.6. The van der Waals surface area contributed by atoms with Crippen molar-refractivity contribution < 1.29 is 19.4 Å². The number of phenols is 1. The number of hydrogen-bond acceptors (Lipinski definition) is 5. The van der Waals surface area contributed by atoms with Crippen molar-refractivity contribution in [2.24, 2.45) is 0 Å². The van der Waals surface area contributed by atoms with Crippen LogP contribution in [0.2, 0.25) is 0 Å². The minimum Gasteiger partial charge on any atom is -0.508 e. The monoisotopic (exact) mass is 277 g/mol. The van der Waals surface area contributed by atoms with Crippen molar-refractivity contribution >= 4 is 19.6 Å². The molecular formula is C14H20BNO4. The average molecular weight is 277 g/mol. The van der Waals surface area contributed by atoms with Crippen molar-refractivity contribution in [2.45, 2.75) is 38.8 Å². The Hall–Kier alpha value is -1.82. The minimum atomic E-state index is -0.594. The summed E-state index contributed by atoms with van der Waals surface area (Å²) in [6.07, 6.45) is 1.09. The Balaban J connectivity index is 2.75. The van der Waals surface area contributed by atoms with Crippen LogP contribution in [0.5, 0.6) is 5.75 Å². The van der Waals surface area contributed by atoms with Gasteiger partial charge in [-0.05, 0) is 44.9 Å². The molecule has 6 heteroatoms. The molecule has 2 N–H and O–H groups in total. The Labute approximate surface area is 119 Å². The van der Waals surface area contributed by atoms with Crippen LogP contribution in [0, 0.1) is 0 Å². The lowest BCUT2D eigenvalue weighted by molar-refractivity contribution is -0.156. The van der Waals surface area contributed by atoms with Crippen molar-refractivity contribution in [3.8, 4) is 5.75 Å². The highest BCUT2D eigenvalue weighted by Gasteiger charge is 2.25. The number of carbonyl (C=O) groups is 2. The smallest absolute Gasteiger partial charge is 0.322 e. The number of ether oxygens (including phenoxy) is 1. The van der Waals surface area contributed by atoms with Crippen LogP contribution in [0.1, 0.15) is 26.3 Å². The quantitative estimate of drug-likeness (QED) is 0.456. The normalized spacial score (nSPS) is 12.6. The molecule has 0 aromatic heterocycles. The highest BCUT2D eigenvalue weighted by molar-refractivity contribution is 6.64. The number of hydrogen-bond donors (Lipinski definition) is 2. The maximum absolute atomic E-state index is 12.1. The summed E-state index contributed by atoms with van der Waals surface area (Å²) in [5, 5.41) is 12.1. The van der Waals surface area contributed by atoms with Gasteiger partial charge >= 0.3 is 5.97 Å². The van der Waals surface area contributed by atoms with Crippen LogP contribution in [0.4, 0.5) is 0 Å². The molecule has 0 heterocycles. The fourth-order valence-electron chi connectivity index (χ4n) is 1.67. The molecule has 0 amide bonds. The lowest BCUT2D eigenvalue weighted by Crippen LogP contribution is -2.44. The highest BCUT2D eigenvalue weighted by atomic mass is 16.6. The molecule has 0 saturated heterocycles. The molecule has 108 valence electrons. The summed E-state index contributed by atoms with van der Waals surface area (Å²) < 4.78 is 5.33. The molecule has 1 aromatic carbocycles. The fourth-order valence-corrected chi connectivity index (χ4v) is 1.67. The number of benzene rings is 1. The molecule has 0 unspecified atom stereocenters. The van der Waals surface area contributed by atoms with Gasteiger partial charge in [-0.3, -0.25) is 4.79 Å². The maximum atomic E-state index is 12.1. The Morgan fingerprint density at radius 2 is 2.00 bits per heavy atom. The van der Waals surface area contributed by atoms with Gasteiger partial charge in [0.1, 0.15) is 17.4 Å². The van der Waals surface area contributed by atoms with E-state index in [0.29, 0.717) is 12.6 Å². The molecule has 0 aliphatic rings. The molecule has 5 nitrogen and oxygen atoms in total. The maximum Gasteiger partial charge on any atom is 0.322 e. The van der Waals surface area contributed by atoms with Crippen LogP contribution in [-0.2, 0) is 20.7 Å². The van der Waals surface area contributed by atoms with Gasteiger partial charge in [-0.2, -0.15) is 0 Å². The van der Waals surface area contributed by atoms with Crippen LogP contribution in [0.15, 0.2) is 24.3 Å². The predicted octanol–water partition coefficient (Wildman–Crippen LogP) is 0.776. The van der Waals surface area contributed by atoms with Gasteiger partial charge in [-0.15, -0.1) is 0 Å². The van der Waals surface area contributed by atoms with Crippen molar-refractivity contribution in [2.75, 3.05) is 0 Å². The summed E-state index contributed by atoms with van der Waals surface area (Å²) in [7, 11) is 0.0853. The molecule has 0 spiro atoms. The average Bonchev–Trinajstić information content (AvgIpc) is 2.34. The molecule has 0 aliphatic carbocycles. The van der Waals surface area contributed by atoms with Gasteiger partial charge in [-0.25, -0.2) is 0 Å². The molecule has 0 bridgehead atoms. The standard InChI is InChI=1S/C14H20BNO4/c1-14(2,3)20-13(19)12(16-15-9-17)8-10-4-6-11(18)7-5-10/h4-7,9,12,15-16,18H,8H2,1-3H3/t12-/m0/s1. The molecule has 0 radical (unpaired) electrons. The fraction of sp³-hybridized carbons (Fsp3) is 0.429. The summed E-state index contributed by atoms with van der Waals surface area (Å²) in [6, 6.07) is 5.98. The Morgan fingerprint density at radius 1 is 1.40 bits per heavy atom. The second-order valence-electron chi connectivity index (χ2n) is 5.53. The van der Waals surface area contributed by atoms with Crippen LogP contribution >= 0.6 is 0 Å². The van der Waals surface area contributed by atoms with Gasteiger partial charge in [-0.1, -0.05) is 12.1 Å². The largest absolute Gasteiger partial charge is 0.508 e. The first-order chi connectivity index (χ1) is 9.31. The Morgan fingerprint density at radius 3 is 2.50 bits per heavy atom. The molecule has 20 heavy (non-hydrogen) atoms. The number of nitrogens with one attached hydrogen (secondary N) is 1. The zero-order valence-electron chi connectivity index (χ0n) is 12.1. The van der Waals surface area contributed by atoms with Gasteiger partial charge in [0.2, 0.25) is 0 Å². The molecule has 0 aliphatic heterocycles. The third-order valence-electron chi connectivity index (χ3n) is 2.52. The molecule has 1 atom stereocenters. The Bertz CT molecular complexity index is 453. The first-order valence-corrected chi connectivity index (χ1v) is 6.49. The summed E-state index contributed by atoms with van der Waals surface area (Å²) in [5.41, 5.74) is 0.296. The number of rotatable bonds is 6. The first kappa shape index (κ1) is 16.2. The van der Waals surface area contributed by atoms with Crippen LogP contribution in [0.3, 0.4) is 0 Å². The van der Waals surface area contributed by atoms with E-state index in [1.165, 1.54) is 0 Å². The van der Waals surface area contributed by atoms with Crippen LogP contribution < -0.4 is 5.23 Å². The van der Waals surface area contributed by atoms with Crippen molar-refractivity contribution in [1.29, 1.82) is 0 Å². The van der Waals surface area contributed by atoms with Gasteiger partial charge < -0.3 is 19.9 Å². The van der Waals surface area contributed by atoms with E-state index in [4.69, 9.17) is 4.74 Å². The van der Waals surface area contributed by atoms with Crippen molar-refractivity contribution in [3.05, 3.63) is 29.8 Å². The van der Waals surface area contributed by atoms with Crippen molar-refractivity contribution in [1.82, 2.24) is 5.23 Å². The predicted molar refractivity (Wildman–Crippen MR) is 78.5 cm³/mol. The van der Waals surface area contributed by atoms with E-state index in [2.05, 4.69) is 5.23 Å². The number of esters is 1. The van der Waals surface area contributed by atoms with Gasteiger partial charge in [0.05, 0.1) is 6.19 Å². The topological polar surface area (TPSA) is 75.6 Å². The highest BCUT2D eigenvalue weighted by Crippen LogP contribution is 2.14. The second-order valence-corrected chi connectivity index (χ2v) is 5.53. The van der Waals surface area contributed by atoms with E-state index in [9.17, 15) is 14.7 Å². The zero-order valence-corrected chi connectivity index (χ0v) is 12.1. The number of carbonyl (C=O) groups excluding carboxylic acids is 2. The molecule has 1 aromatic rings. The summed E-state index contributed by atoms with van der Waals surface area (Å²) in [6.45, 7) is 5.38. The van der Waals surface area contributed by atoms with E-state index in [-0.39, 0.29) is 13.2 Å². The summed E-state index contributed by atoms with van der Waals surface area (Å²) >= 11 is 0. The first-order valence-electron chi connectivity index (χ1n) is 6.49. The van der Waals surface area contributed by atoms with Crippen LogP contribution in [0.25, 0.3) is 0 Å². The number of aromatic hydroxyl groups is 1. The zero-order chi connectivity index (χ0) is 15.2. The molecule has 0 fully saturated rings. The van der Waals surface area contributed by atoms with E-state index in [0.717, 1.165) is 5.56 Å².